The van der Waals surface area contributed by atoms with Crippen molar-refractivity contribution in [3.63, 3.8) is 0 Å². The van der Waals surface area contributed by atoms with Gasteiger partial charge in [-0.3, -0.25) is 39.0 Å². The highest BCUT2D eigenvalue weighted by atomic mass is 16.2. The van der Waals surface area contributed by atoms with E-state index in [1.165, 1.54) is 12.1 Å². The molecular formula is C42H50N12O6. The maximum atomic E-state index is 13.1. The van der Waals surface area contributed by atoms with Crippen LogP contribution in [0.1, 0.15) is 107 Å². The summed E-state index contributed by atoms with van der Waals surface area (Å²) < 4.78 is 2.10. The van der Waals surface area contributed by atoms with Crippen LogP contribution in [0.2, 0.25) is 0 Å². The number of piperidine rings is 2. The van der Waals surface area contributed by atoms with E-state index < -0.39 is 29.7 Å². The predicted octanol–water partition coefficient (Wildman–Crippen LogP) is 2.73. The van der Waals surface area contributed by atoms with Crippen molar-refractivity contribution in [2.75, 3.05) is 43.4 Å². The number of likely N-dealkylation sites (tertiary alicyclic amines) is 1. The van der Waals surface area contributed by atoms with E-state index in [4.69, 9.17) is 0 Å². The summed E-state index contributed by atoms with van der Waals surface area (Å²) in [7, 11) is 0. The monoisotopic (exact) mass is 818 g/mol. The number of imidazole rings is 1. The van der Waals surface area contributed by atoms with Crippen LogP contribution in [-0.4, -0.2) is 121 Å². The predicted molar refractivity (Wildman–Crippen MR) is 220 cm³/mol. The fourth-order valence-corrected chi connectivity index (χ4v) is 8.45. The summed E-state index contributed by atoms with van der Waals surface area (Å²) >= 11 is 0. The molecule has 1 atom stereocenters. The fraction of sp³-hybridized carbons (Fsp3) is 0.476. The maximum absolute atomic E-state index is 13.1. The minimum absolute atomic E-state index is 0.00484. The van der Waals surface area contributed by atoms with Gasteiger partial charge in [-0.25, -0.2) is 19.9 Å². The third-order valence-corrected chi connectivity index (χ3v) is 11.9. The second-order valence-corrected chi connectivity index (χ2v) is 16.1. The molecule has 18 heteroatoms. The van der Waals surface area contributed by atoms with Gasteiger partial charge in [0.15, 0.2) is 11.5 Å². The van der Waals surface area contributed by atoms with Crippen LogP contribution in [-0.2, 0) is 14.4 Å². The van der Waals surface area contributed by atoms with Gasteiger partial charge in [0.2, 0.25) is 17.7 Å². The topological polar surface area (TPSA) is 226 Å². The number of aryl methyl sites for hydroxylation is 1. The molecule has 3 fully saturated rings. The van der Waals surface area contributed by atoms with E-state index in [1.54, 1.807) is 18.5 Å². The average Bonchev–Trinajstić information content (AvgIpc) is 3.76. The Bertz CT molecular complexity index is 2300. The number of hydrogen-bond acceptors (Lipinski definition) is 13. The van der Waals surface area contributed by atoms with E-state index in [9.17, 15) is 28.8 Å². The van der Waals surface area contributed by atoms with Gasteiger partial charge in [0.25, 0.3) is 17.7 Å². The average molecular weight is 819 g/mol. The molecule has 4 aliphatic rings. The Kier molecular flexibility index (Phi) is 12.1. The second kappa shape index (κ2) is 17.9. The number of hydrogen-bond donors (Lipinski definition) is 5. The summed E-state index contributed by atoms with van der Waals surface area (Å²) in [4.78, 5) is 96.5. The lowest BCUT2D eigenvalue weighted by Gasteiger charge is -2.36. The molecule has 0 radical (unpaired) electrons. The van der Waals surface area contributed by atoms with Gasteiger partial charge in [-0.2, -0.15) is 0 Å². The third-order valence-electron chi connectivity index (χ3n) is 11.9. The summed E-state index contributed by atoms with van der Waals surface area (Å²) in [5.74, 6) is -1.82. The van der Waals surface area contributed by atoms with Crippen molar-refractivity contribution in [1.29, 1.82) is 0 Å². The molecule has 1 aromatic carbocycles. The number of unbranched alkanes of at least 4 members (excludes halogenated alkanes) is 3. The minimum atomic E-state index is -1.03. The Labute approximate surface area is 346 Å². The van der Waals surface area contributed by atoms with Crippen LogP contribution in [0.5, 0.6) is 0 Å². The molecule has 18 nitrogen and oxygen atoms in total. The Hall–Kier alpha value is -6.30. The summed E-state index contributed by atoms with van der Waals surface area (Å²) in [6.45, 7) is 5.49. The molecule has 314 valence electrons. The van der Waals surface area contributed by atoms with Gasteiger partial charge in [-0.05, 0) is 88.7 Å². The van der Waals surface area contributed by atoms with Gasteiger partial charge in [0.1, 0.15) is 23.6 Å². The van der Waals surface area contributed by atoms with Crippen molar-refractivity contribution in [1.82, 2.24) is 50.3 Å². The first-order valence-electron chi connectivity index (χ1n) is 20.9. The zero-order valence-electron chi connectivity index (χ0n) is 33.6. The van der Waals surface area contributed by atoms with Gasteiger partial charge in [-0.15, -0.1) is 0 Å². The molecule has 60 heavy (non-hydrogen) atoms. The lowest BCUT2D eigenvalue weighted by atomic mass is 9.86. The van der Waals surface area contributed by atoms with E-state index in [-0.39, 0.29) is 54.4 Å². The Morgan fingerprint density at radius 1 is 0.883 bits per heavy atom. The van der Waals surface area contributed by atoms with Crippen molar-refractivity contribution >= 4 is 58.1 Å². The third kappa shape index (κ3) is 8.97. The van der Waals surface area contributed by atoms with Crippen LogP contribution in [0.25, 0.3) is 11.2 Å². The molecule has 8 rings (SSSR count). The van der Waals surface area contributed by atoms with Crippen LogP contribution in [0.15, 0.2) is 49.1 Å². The number of rotatable bonds is 16. The number of amides is 6. The zero-order chi connectivity index (χ0) is 41.8. The highest BCUT2D eigenvalue weighted by Crippen LogP contribution is 2.35. The second-order valence-electron chi connectivity index (χ2n) is 16.1. The molecule has 5 N–H and O–H groups in total. The van der Waals surface area contributed by atoms with Gasteiger partial charge in [0.05, 0.1) is 24.0 Å². The zero-order valence-corrected chi connectivity index (χ0v) is 33.6. The minimum Gasteiger partial charge on any atom is -0.376 e. The quantitative estimate of drug-likeness (QED) is 0.0811. The van der Waals surface area contributed by atoms with Crippen molar-refractivity contribution < 1.29 is 28.8 Å². The molecule has 1 unspecified atom stereocenters. The molecular weight excluding hydrogens is 769 g/mol. The number of carbonyl (C=O) groups is 6. The van der Waals surface area contributed by atoms with Crippen LogP contribution in [0.4, 0.5) is 11.5 Å². The van der Waals surface area contributed by atoms with Crippen LogP contribution < -0.4 is 26.6 Å². The molecule has 0 spiro atoms. The Morgan fingerprint density at radius 2 is 1.68 bits per heavy atom. The number of nitrogens with one attached hydrogen (secondary N) is 5. The fourth-order valence-electron chi connectivity index (χ4n) is 8.45. The first kappa shape index (κ1) is 40.5. The molecule has 2 saturated heterocycles. The largest absolute Gasteiger partial charge is 0.376 e. The van der Waals surface area contributed by atoms with Crippen LogP contribution in [0, 0.1) is 6.92 Å². The molecule has 1 saturated carbocycles. The van der Waals surface area contributed by atoms with Crippen LogP contribution >= 0.6 is 0 Å². The first-order valence-corrected chi connectivity index (χ1v) is 20.9. The molecule has 3 aliphatic heterocycles. The summed E-state index contributed by atoms with van der Waals surface area (Å²) in [5, 5.41) is 14.9. The number of benzene rings is 1. The number of nitrogens with zero attached hydrogens (tertiary/aromatic N) is 7. The van der Waals surface area contributed by atoms with E-state index in [0.717, 1.165) is 98.6 Å². The normalized spacial score (nSPS) is 20.8. The number of pyridine rings is 1. The number of aromatic nitrogens is 5. The Morgan fingerprint density at radius 3 is 2.48 bits per heavy atom. The van der Waals surface area contributed by atoms with E-state index in [2.05, 4.69) is 56.0 Å². The number of anilines is 2. The highest BCUT2D eigenvalue weighted by molar-refractivity contribution is 6.23. The molecule has 6 heterocycles. The van der Waals surface area contributed by atoms with Gasteiger partial charge >= 0.3 is 0 Å². The van der Waals surface area contributed by atoms with Crippen LogP contribution in [0.3, 0.4) is 0 Å². The highest BCUT2D eigenvalue weighted by Gasteiger charge is 2.44. The van der Waals surface area contributed by atoms with E-state index in [1.807, 2.05) is 25.4 Å². The van der Waals surface area contributed by atoms with Gasteiger partial charge in [0, 0.05) is 55.6 Å². The van der Waals surface area contributed by atoms with Crippen molar-refractivity contribution in [3.05, 3.63) is 71.6 Å². The van der Waals surface area contributed by atoms with Gasteiger partial charge in [-0.1, -0.05) is 18.9 Å². The van der Waals surface area contributed by atoms with Crippen molar-refractivity contribution in [2.24, 2.45) is 0 Å². The molecule has 6 amide bonds. The number of imide groups is 2. The van der Waals surface area contributed by atoms with E-state index >= 15 is 0 Å². The molecule has 4 aromatic rings. The molecule has 3 aromatic heterocycles. The smallest absolute Gasteiger partial charge is 0.270 e. The van der Waals surface area contributed by atoms with Crippen molar-refractivity contribution in [3.8, 4) is 0 Å². The number of fused-ring (bicyclic) bond motifs is 2. The van der Waals surface area contributed by atoms with E-state index in [0.29, 0.717) is 24.0 Å². The maximum Gasteiger partial charge on any atom is 0.270 e. The molecule has 1 aliphatic carbocycles. The summed E-state index contributed by atoms with van der Waals surface area (Å²) in [5.41, 5.74) is 3.67. The summed E-state index contributed by atoms with van der Waals surface area (Å²) in [6.07, 6.45) is 11.2. The van der Waals surface area contributed by atoms with Gasteiger partial charge < -0.3 is 30.7 Å². The lowest BCUT2D eigenvalue weighted by Crippen LogP contribution is -2.54. The van der Waals surface area contributed by atoms with Crippen molar-refractivity contribution in [2.45, 2.75) is 95.3 Å². The Balaban J connectivity index is 0.687. The first-order chi connectivity index (χ1) is 29.1. The SMILES string of the molecule is Cc1cccc(C(=O)NC2CC(n3cnc4c(NC5CCN(CCCCCCNC(=O)CNc6ccc7c(c6)C(=O)N(C6CCC(=O)NC6=O)C7=O)CC5)ncnc43)C2)n1. The number of carbonyl (C=O) groups excluding carboxylic acids is 6. The molecule has 0 bridgehead atoms. The standard InChI is InChI=1S/C42H50N12O6/c1-25-7-6-8-32(48-25)39(57)50-28-19-29(20-28)53-24-47-36-37(45-23-46-38(36)53)49-26-13-17-52(18-14-26)16-5-3-2-4-15-43-35(56)22-44-27-9-10-30-31(21-27)42(60)54(41(30)59)33-11-12-34(55)51-40(33)58/h6-10,21,23-24,26,28-29,33,44H,2-5,11-20,22H2,1H3,(H,43,56)(H,50,57)(H,45,46,49)(H,51,55,58). The summed E-state index contributed by atoms with van der Waals surface area (Å²) in [6, 6.07) is 9.65. The lowest BCUT2D eigenvalue weighted by molar-refractivity contribution is -0.136.